The van der Waals surface area contributed by atoms with Crippen molar-refractivity contribution in [2.45, 2.75) is 25.8 Å². The zero-order valence-corrected chi connectivity index (χ0v) is 22.3. The Morgan fingerprint density at radius 1 is 1.03 bits per heavy atom. The number of piperidine rings is 1. The smallest absolute Gasteiger partial charge is 0.241 e. The molecule has 4 aromatic rings. The summed E-state index contributed by atoms with van der Waals surface area (Å²) in [6.45, 7) is 2.63. The molecule has 0 unspecified atom stereocenters. The average molecular weight is 551 g/mol. The number of nitrogens with one attached hydrogen (secondary N) is 1. The summed E-state index contributed by atoms with van der Waals surface area (Å²) in [6, 6.07) is 22.9. The molecule has 1 amide bonds. The van der Waals surface area contributed by atoms with Gasteiger partial charge in [0, 0.05) is 34.7 Å². The van der Waals surface area contributed by atoms with Crippen molar-refractivity contribution in [1.82, 2.24) is 15.0 Å². The second-order valence-electron chi connectivity index (χ2n) is 9.29. The van der Waals surface area contributed by atoms with Gasteiger partial charge in [0.05, 0.1) is 18.2 Å². The lowest BCUT2D eigenvalue weighted by Gasteiger charge is -2.30. The standard InChI is InChI=1S/C29H28Cl2N4O3/c30-22-9-10-25(26(31)17-22)28-33-27(38-34-28)19-35-14-11-21(12-15-35)29(36)32-23-7-4-8-24(18-23)37-16-13-20-5-2-1-3-6-20/h1-10,17-18,21H,11-16,19H2,(H,32,36). The van der Waals surface area contributed by atoms with E-state index in [2.05, 4.69) is 32.5 Å². The zero-order chi connectivity index (χ0) is 26.3. The Morgan fingerprint density at radius 2 is 1.84 bits per heavy atom. The van der Waals surface area contributed by atoms with Crippen molar-refractivity contribution < 1.29 is 14.1 Å². The van der Waals surface area contributed by atoms with Crippen molar-refractivity contribution in [3.05, 3.63) is 94.3 Å². The lowest BCUT2D eigenvalue weighted by molar-refractivity contribution is -0.121. The molecule has 1 aliphatic heterocycles. The fourth-order valence-electron chi connectivity index (χ4n) is 4.48. The van der Waals surface area contributed by atoms with Gasteiger partial charge in [-0.05, 0) is 61.8 Å². The number of benzene rings is 3. The first-order valence-corrected chi connectivity index (χ1v) is 13.4. The maximum absolute atomic E-state index is 12.9. The van der Waals surface area contributed by atoms with Crippen LogP contribution in [0.15, 0.2) is 77.3 Å². The number of aromatic nitrogens is 2. The van der Waals surface area contributed by atoms with Crippen LogP contribution in [-0.4, -0.2) is 40.6 Å². The van der Waals surface area contributed by atoms with E-state index < -0.39 is 0 Å². The second-order valence-corrected chi connectivity index (χ2v) is 10.1. The lowest BCUT2D eigenvalue weighted by atomic mass is 9.96. The normalized spacial score (nSPS) is 14.4. The number of hydrogen-bond acceptors (Lipinski definition) is 6. The molecule has 2 heterocycles. The summed E-state index contributed by atoms with van der Waals surface area (Å²) in [6.07, 6.45) is 2.34. The molecule has 0 bridgehead atoms. The average Bonchev–Trinajstić information content (AvgIpc) is 3.38. The van der Waals surface area contributed by atoms with Gasteiger partial charge in [-0.2, -0.15) is 4.98 Å². The Kier molecular flexibility index (Phi) is 8.58. The minimum Gasteiger partial charge on any atom is -0.493 e. The van der Waals surface area contributed by atoms with E-state index in [0.717, 1.165) is 43.8 Å². The minimum absolute atomic E-state index is 0.0311. The molecule has 1 aliphatic rings. The molecule has 0 saturated carbocycles. The zero-order valence-electron chi connectivity index (χ0n) is 20.8. The van der Waals surface area contributed by atoms with Gasteiger partial charge in [-0.1, -0.05) is 64.8 Å². The van der Waals surface area contributed by atoms with Crippen molar-refractivity contribution in [2.75, 3.05) is 25.0 Å². The summed E-state index contributed by atoms with van der Waals surface area (Å²) in [5.41, 5.74) is 2.65. The largest absolute Gasteiger partial charge is 0.493 e. The number of amides is 1. The van der Waals surface area contributed by atoms with Gasteiger partial charge in [0.25, 0.3) is 0 Å². The van der Waals surface area contributed by atoms with Crippen LogP contribution >= 0.6 is 23.2 Å². The lowest BCUT2D eigenvalue weighted by Crippen LogP contribution is -2.37. The number of carbonyl (C=O) groups excluding carboxylic acids is 1. The van der Waals surface area contributed by atoms with Crippen molar-refractivity contribution in [1.29, 1.82) is 0 Å². The van der Waals surface area contributed by atoms with E-state index in [9.17, 15) is 4.79 Å². The van der Waals surface area contributed by atoms with Crippen LogP contribution in [0, 0.1) is 5.92 Å². The van der Waals surface area contributed by atoms with Gasteiger partial charge in [0.2, 0.25) is 17.6 Å². The Hall–Kier alpha value is -3.39. The molecule has 0 radical (unpaired) electrons. The van der Waals surface area contributed by atoms with Gasteiger partial charge < -0.3 is 14.6 Å². The van der Waals surface area contributed by atoms with E-state index in [1.165, 1.54) is 5.56 Å². The molecular weight excluding hydrogens is 523 g/mol. The number of anilines is 1. The first kappa shape index (κ1) is 26.2. The van der Waals surface area contributed by atoms with Gasteiger partial charge in [-0.15, -0.1) is 0 Å². The predicted octanol–water partition coefficient (Wildman–Crippen LogP) is 6.52. The maximum Gasteiger partial charge on any atom is 0.241 e. The van der Waals surface area contributed by atoms with Crippen molar-refractivity contribution >= 4 is 34.8 Å². The highest BCUT2D eigenvalue weighted by molar-refractivity contribution is 6.36. The van der Waals surface area contributed by atoms with Crippen LogP contribution in [0.5, 0.6) is 5.75 Å². The third kappa shape index (κ3) is 6.92. The summed E-state index contributed by atoms with van der Waals surface area (Å²) >= 11 is 12.2. The van der Waals surface area contributed by atoms with Gasteiger partial charge in [-0.3, -0.25) is 9.69 Å². The fourth-order valence-corrected chi connectivity index (χ4v) is 4.98. The van der Waals surface area contributed by atoms with Gasteiger partial charge in [0.15, 0.2) is 0 Å². The van der Waals surface area contributed by atoms with Crippen LogP contribution in [-0.2, 0) is 17.8 Å². The van der Waals surface area contributed by atoms with E-state index in [0.29, 0.717) is 40.5 Å². The Bertz CT molecular complexity index is 1370. The van der Waals surface area contributed by atoms with Crippen LogP contribution in [0.1, 0.15) is 24.3 Å². The molecule has 38 heavy (non-hydrogen) atoms. The van der Waals surface area contributed by atoms with E-state index in [-0.39, 0.29) is 11.8 Å². The minimum atomic E-state index is -0.0555. The number of carbonyl (C=O) groups is 1. The number of likely N-dealkylation sites (tertiary alicyclic amines) is 1. The Morgan fingerprint density at radius 3 is 2.63 bits per heavy atom. The summed E-state index contributed by atoms with van der Waals surface area (Å²) in [7, 11) is 0. The molecular formula is C29H28Cl2N4O3. The molecule has 7 nitrogen and oxygen atoms in total. The van der Waals surface area contributed by atoms with Crippen LogP contribution in [0.3, 0.4) is 0 Å². The molecule has 196 valence electrons. The molecule has 0 atom stereocenters. The van der Waals surface area contributed by atoms with Crippen LogP contribution in [0.4, 0.5) is 5.69 Å². The van der Waals surface area contributed by atoms with Crippen molar-refractivity contribution in [2.24, 2.45) is 5.92 Å². The summed E-state index contributed by atoms with van der Waals surface area (Å²) < 4.78 is 11.3. The number of halogens is 2. The summed E-state index contributed by atoms with van der Waals surface area (Å²) in [4.78, 5) is 19.6. The number of hydrogen-bond donors (Lipinski definition) is 1. The summed E-state index contributed by atoms with van der Waals surface area (Å²) in [5.74, 6) is 1.66. The SMILES string of the molecule is O=C(Nc1cccc(OCCc2ccccc2)c1)C1CCN(Cc2nc(-c3ccc(Cl)cc3Cl)no2)CC1. The topological polar surface area (TPSA) is 80.5 Å². The monoisotopic (exact) mass is 550 g/mol. The molecule has 0 spiro atoms. The molecule has 5 rings (SSSR count). The van der Waals surface area contributed by atoms with Gasteiger partial charge in [-0.25, -0.2) is 0 Å². The van der Waals surface area contributed by atoms with E-state index >= 15 is 0 Å². The van der Waals surface area contributed by atoms with Crippen LogP contribution in [0.25, 0.3) is 11.4 Å². The van der Waals surface area contributed by atoms with Gasteiger partial charge in [0.1, 0.15) is 5.75 Å². The molecule has 1 fully saturated rings. The predicted molar refractivity (Wildman–Crippen MR) is 148 cm³/mol. The molecule has 1 aromatic heterocycles. The highest BCUT2D eigenvalue weighted by Gasteiger charge is 2.26. The van der Waals surface area contributed by atoms with E-state index in [4.69, 9.17) is 32.5 Å². The Balaban J connectivity index is 1.08. The van der Waals surface area contributed by atoms with Gasteiger partial charge >= 0.3 is 0 Å². The highest BCUT2D eigenvalue weighted by atomic mass is 35.5. The Labute approximate surface area is 231 Å². The highest BCUT2D eigenvalue weighted by Crippen LogP contribution is 2.29. The molecule has 0 aliphatic carbocycles. The molecule has 9 heteroatoms. The number of ether oxygens (including phenoxy) is 1. The quantitative estimate of drug-likeness (QED) is 0.255. The van der Waals surface area contributed by atoms with Crippen LogP contribution in [0.2, 0.25) is 10.0 Å². The fraction of sp³-hybridized carbons (Fsp3) is 0.276. The second kappa shape index (κ2) is 12.4. The molecule has 1 saturated heterocycles. The maximum atomic E-state index is 12.9. The molecule has 1 N–H and O–H groups in total. The molecule has 3 aromatic carbocycles. The van der Waals surface area contributed by atoms with Crippen molar-refractivity contribution in [3.8, 4) is 17.1 Å². The van der Waals surface area contributed by atoms with Crippen LogP contribution < -0.4 is 10.1 Å². The number of rotatable bonds is 9. The number of nitrogens with zero attached hydrogens (tertiary/aromatic N) is 3. The van der Waals surface area contributed by atoms with E-state index in [1.54, 1.807) is 18.2 Å². The van der Waals surface area contributed by atoms with E-state index in [1.807, 2.05) is 42.5 Å². The van der Waals surface area contributed by atoms with Crippen molar-refractivity contribution in [3.63, 3.8) is 0 Å². The third-order valence-electron chi connectivity index (χ3n) is 6.56. The summed E-state index contributed by atoms with van der Waals surface area (Å²) in [5, 5.41) is 8.14. The first-order valence-electron chi connectivity index (χ1n) is 12.6. The third-order valence-corrected chi connectivity index (χ3v) is 7.11. The first-order chi connectivity index (χ1) is 18.5.